The van der Waals surface area contributed by atoms with Crippen LogP contribution in [0.4, 0.5) is 0 Å². The zero-order valence-electron chi connectivity index (χ0n) is 7.19. The van der Waals surface area contributed by atoms with Gasteiger partial charge in [-0.25, -0.2) is 0 Å². The predicted molar refractivity (Wildman–Crippen MR) is 50.1 cm³/mol. The van der Waals surface area contributed by atoms with Gasteiger partial charge < -0.3 is 9.84 Å². The van der Waals surface area contributed by atoms with Crippen molar-refractivity contribution in [1.29, 1.82) is 0 Å². The number of thiophene rings is 1. The number of ether oxygens (including phenoxy) is 1. The zero-order chi connectivity index (χ0) is 8.81. The number of hydrogen-bond donors (Lipinski definition) is 1. The van der Waals surface area contributed by atoms with Crippen molar-refractivity contribution in [2.45, 2.75) is 26.1 Å². The van der Waals surface area contributed by atoms with Gasteiger partial charge in [0.25, 0.3) is 0 Å². The van der Waals surface area contributed by atoms with Crippen LogP contribution in [0.25, 0.3) is 0 Å². The molecule has 1 aromatic rings. The highest BCUT2D eigenvalue weighted by Crippen LogP contribution is 2.19. The van der Waals surface area contributed by atoms with Crippen molar-refractivity contribution >= 4 is 11.3 Å². The summed E-state index contributed by atoms with van der Waals surface area (Å²) in [6, 6.07) is 3.79. The molecule has 0 aliphatic rings. The van der Waals surface area contributed by atoms with Gasteiger partial charge in [-0.3, -0.25) is 0 Å². The van der Waals surface area contributed by atoms with Crippen LogP contribution in [-0.4, -0.2) is 11.7 Å². The molecule has 0 saturated carbocycles. The fraction of sp³-hybridized carbons (Fsp3) is 0.556. The van der Waals surface area contributed by atoms with Crippen molar-refractivity contribution in [1.82, 2.24) is 0 Å². The molecule has 0 saturated heterocycles. The Balaban J connectivity index is 2.25. The molecule has 12 heavy (non-hydrogen) atoms. The van der Waals surface area contributed by atoms with Gasteiger partial charge in [-0.05, 0) is 17.9 Å². The lowest BCUT2D eigenvalue weighted by Crippen LogP contribution is -2.02. The van der Waals surface area contributed by atoms with E-state index in [0.29, 0.717) is 6.61 Å². The minimum absolute atomic E-state index is 0.634. The molecule has 0 amide bonds. The Hall–Kier alpha value is -0.380. The maximum atomic E-state index is 9.42. The molecule has 0 spiro atoms. The first-order chi connectivity index (χ1) is 5.84. The van der Waals surface area contributed by atoms with E-state index in [0.717, 1.165) is 17.7 Å². The first-order valence-corrected chi connectivity index (χ1v) is 5.05. The highest BCUT2D eigenvalue weighted by atomic mass is 32.1. The average Bonchev–Trinajstić information content (AvgIpc) is 2.56. The first-order valence-electron chi connectivity index (χ1n) is 4.17. The quantitative estimate of drug-likeness (QED) is 0.565. The molecule has 0 aromatic carbocycles. The first kappa shape index (κ1) is 9.71. The van der Waals surface area contributed by atoms with E-state index in [1.165, 1.54) is 11.3 Å². The smallest absolute Gasteiger partial charge is 0.190 e. The molecule has 0 bridgehead atoms. The number of rotatable bonds is 5. The third-order valence-electron chi connectivity index (χ3n) is 1.56. The van der Waals surface area contributed by atoms with E-state index in [2.05, 4.69) is 6.92 Å². The second kappa shape index (κ2) is 5.30. The topological polar surface area (TPSA) is 29.5 Å². The Morgan fingerprint density at radius 1 is 1.67 bits per heavy atom. The van der Waals surface area contributed by atoms with E-state index in [9.17, 15) is 5.11 Å². The molecule has 0 radical (unpaired) electrons. The van der Waals surface area contributed by atoms with E-state index in [1.54, 1.807) is 0 Å². The maximum absolute atomic E-state index is 9.42. The molecular weight excluding hydrogens is 172 g/mol. The molecule has 1 unspecified atom stereocenters. The summed E-state index contributed by atoms with van der Waals surface area (Å²) in [5, 5.41) is 11.4. The Labute approximate surface area is 76.8 Å². The van der Waals surface area contributed by atoms with Crippen molar-refractivity contribution in [3.05, 3.63) is 22.4 Å². The van der Waals surface area contributed by atoms with Crippen molar-refractivity contribution in [3.63, 3.8) is 0 Å². The van der Waals surface area contributed by atoms with Gasteiger partial charge in [0.15, 0.2) is 6.29 Å². The third-order valence-corrected chi connectivity index (χ3v) is 2.46. The van der Waals surface area contributed by atoms with Gasteiger partial charge in [0.2, 0.25) is 0 Å². The fourth-order valence-electron chi connectivity index (χ4n) is 0.853. The summed E-state index contributed by atoms with van der Waals surface area (Å²) >= 11 is 1.51. The predicted octanol–water partition coefficient (Wildman–Crippen LogP) is 2.56. The lowest BCUT2D eigenvalue weighted by molar-refractivity contribution is -0.101. The van der Waals surface area contributed by atoms with Gasteiger partial charge >= 0.3 is 0 Å². The second-order valence-electron chi connectivity index (χ2n) is 2.59. The fourth-order valence-corrected chi connectivity index (χ4v) is 1.51. The molecule has 68 valence electrons. The Morgan fingerprint density at radius 3 is 3.08 bits per heavy atom. The summed E-state index contributed by atoms with van der Waals surface area (Å²) in [6.07, 6.45) is 1.37. The molecule has 1 N–H and O–H groups in total. The minimum Gasteiger partial charge on any atom is -0.364 e. The van der Waals surface area contributed by atoms with E-state index in [1.807, 2.05) is 17.5 Å². The van der Waals surface area contributed by atoms with Crippen molar-refractivity contribution in [2.24, 2.45) is 0 Å². The molecule has 1 atom stereocenters. The van der Waals surface area contributed by atoms with Crippen LogP contribution < -0.4 is 0 Å². The normalized spacial score (nSPS) is 13.2. The van der Waals surface area contributed by atoms with E-state index in [4.69, 9.17) is 4.74 Å². The van der Waals surface area contributed by atoms with Crippen LogP contribution in [0.1, 0.15) is 30.9 Å². The number of aliphatic hydroxyl groups is 1. The summed E-state index contributed by atoms with van der Waals surface area (Å²) in [7, 11) is 0. The van der Waals surface area contributed by atoms with Gasteiger partial charge in [0.05, 0.1) is 11.5 Å². The lowest BCUT2D eigenvalue weighted by atomic mass is 10.4. The van der Waals surface area contributed by atoms with Gasteiger partial charge in [-0.2, -0.15) is 0 Å². The lowest BCUT2D eigenvalue weighted by Gasteiger charge is -2.08. The monoisotopic (exact) mass is 186 g/mol. The van der Waals surface area contributed by atoms with E-state index < -0.39 is 6.29 Å². The van der Waals surface area contributed by atoms with E-state index >= 15 is 0 Å². The summed E-state index contributed by atoms with van der Waals surface area (Å²) in [5.74, 6) is 0. The van der Waals surface area contributed by atoms with Crippen molar-refractivity contribution in [3.8, 4) is 0 Å². The van der Waals surface area contributed by atoms with Crippen LogP contribution in [0.15, 0.2) is 17.5 Å². The Bertz CT molecular complexity index is 196. The molecule has 0 aliphatic carbocycles. The zero-order valence-corrected chi connectivity index (χ0v) is 8.01. The van der Waals surface area contributed by atoms with Gasteiger partial charge in [-0.15, -0.1) is 11.3 Å². The van der Waals surface area contributed by atoms with Crippen LogP contribution >= 0.6 is 11.3 Å². The van der Waals surface area contributed by atoms with Gasteiger partial charge in [0, 0.05) is 0 Å². The van der Waals surface area contributed by atoms with Crippen LogP contribution in [0, 0.1) is 0 Å². The van der Waals surface area contributed by atoms with Crippen LogP contribution in [-0.2, 0) is 4.74 Å². The van der Waals surface area contributed by atoms with Gasteiger partial charge in [-0.1, -0.05) is 19.4 Å². The number of unbranched alkanes of at least 4 members (excludes halogenated alkanes) is 1. The van der Waals surface area contributed by atoms with Crippen molar-refractivity contribution < 1.29 is 9.84 Å². The van der Waals surface area contributed by atoms with Crippen molar-refractivity contribution in [2.75, 3.05) is 6.61 Å². The largest absolute Gasteiger partial charge is 0.364 e. The SMILES string of the molecule is CCCCOC(O)c1cccs1. The standard InChI is InChI=1S/C9H14O2S/c1-2-3-6-11-9(10)8-5-4-7-12-8/h4-5,7,9-10H,2-3,6H2,1H3. The highest BCUT2D eigenvalue weighted by molar-refractivity contribution is 7.09. The van der Waals surface area contributed by atoms with Crippen LogP contribution in [0.2, 0.25) is 0 Å². The number of hydrogen-bond acceptors (Lipinski definition) is 3. The Kier molecular flexibility index (Phi) is 4.29. The summed E-state index contributed by atoms with van der Waals surface area (Å²) in [5.41, 5.74) is 0. The summed E-state index contributed by atoms with van der Waals surface area (Å²) < 4.78 is 5.19. The highest BCUT2D eigenvalue weighted by Gasteiger charge is 2.06. The molecule has 3 heteroatoms. The molecule has 2 nitrogen and oxygen atoms in total. The third kappa shape index (κ3) is 2.93. The molecule has 1 aromatic heterocycles. The van der Waals surface area contributed by atoms with Gasteiger partial charge in [0.1, 0.15) is 0 Å². The summed E-state index contributed by atoms with van der Waals surface area (Å²) in [6.45, 7) is 2.73. The molecule has 1 heterocycles. The maximum Gasteiger partial charge on any atom is 0.190 e. The second-order valence-corrected chi connectivity index (χ2v) is 3.57. The van der Waals surface area contributed by atoms with Crippen LogP contribution in [0.5, 0.6) is 0 Å². The molecule has 1 rings (SSSR count). The molecular formula is C9H14O2S. The molecule has 0 aliphatic heterocycles. The number of aliphatic hydroxyl groups excluding tert-OH is 1. The minimum atomic E-state index is -0.725. The summed E-state index contributed by atoms with van der Waals surface area (Å²) in [4.78, 5) is 0.881. The van der Waals surface area contributed by atoms with E-state index in [-0.39, 0.29) is 0 Å². The average molecular weight is 186 g/mol. The van der Waals surface area contributed by atoms with Crippen LogP contribution in [0.3, 0.4) is 0 Å². The Morgan fingerprint density at radius 2 is 2.50 bits per heavy atom. The molecule has 0 fully saturated rings.